The summed E-state index contributed by atoms with van der Waals surface area (Å²) >= 11 is 0. The lowest BCUT2D eigenvalue weighted by molar-refractivity contribution is -0.384. The van der Waals surface area contributed by atoms with Gasteiger partial charge in [-0.25, -0.2) is 0 Å². The molecule has 1 saturated carbocycles. The SMILES string of the molecule is O=C(CN1CCN(C(=O)C2CCN(c3ccccc3[N+](=O)[O-])CC2)CC1)NC1CC1. The lowest BCUT2D eigenvalue weighted by Gasteiger charge is -2.38. The van der Waals surface area contributed by atoms with E-state index in [2.05, 4.69) is 10.2 Å². The van der Waals surface area contributed by atoms with Crippen LogP contribution in [-0.2, 0) is 9.59 Å². The maximum atomic E-state index is 13.0. The number of piperidine rings is 1. The molecule has 0 spiro atoms. The van der Waals surface area contributed by atoms with Crippen molar-refractivity contribution >= 4 is 23.2 Å². The quantitative estimate of drug-likeness (QED) is 0.554. The maximum Gasteiger partial charge on any atom is 0.292 e. The molecule has 0 unspecified atom stereocenters. The average Bonchev–Trinajstić information content (AvgIpc) is 3.57. The summed E-state index contributed by atoms with van der Waals surface area (Å²) in [6, 6.07) is 7.16. The van der Waals surface area contributed by atoms with E-state index in [0.29, 0.717) is 57.3 Å². The number of benzene rings is 1. The van der Waals surface area contributed by atoms with Gasteiger partial charge < -0.3 is 15.1 Å². The summed E-state index contributed by atoms with van der Waals surface area (Å²) in [5.74, 6) is 0.229. The van der Waals surface area contributed by atoms with Crippen molar-refractivity contribution in [3.8, 4) is 0 Å². The van der Waals surface area contributed by atoms with Gasteiger partial charge in [-0.1, -0.05) is 12.1 Å². The van der Waals surface area contributed by atoms with Crippen LogP contribution in [-0.4, -0.2) is 78.4 Å². The fraction of sp³-hybridized carbons (Fsp3) is 0.619. The van der Waals surface area contributed by atoms with Gasteiger partial charge in [0, 0.05) is 57.3 Å². The summed E-state index contributed by atoms with van der Waals surface area (Å²) in [6.45, 7) is 4.44. The highest BCUT2D eigenvalue weighted by atomic mass is 16.6. The Balaban J connectivity index is 1.24. The Hall–Kier alpha value is -2.68. The van der Waals surface area contributed by atoms with Crippen molar-refractivity contribution in [1.29, 1.82) is 0 Å². The largest absolute Gasteiger partial charge is 0.366 e. The molecule has 3 aliphatic rings. The van der Waals surface area contributed by atoms with Gasteiger partial charge in [-0.15, -0.1) is 0 Å². The fourth-order valence-electron chi connectivity index (χ4n) is 4.34. The molecule has 1 aromatic carbocycles. The van der Waals surface area contributed by atoms with Crippen LogP contribution >= 0.6 is 0 Å². The Morgan fingerprint density at radius 1 is 1.00 bits per heavy atom. The molecule has 1 N–H and O–H groups in total. The molecule has 2 aliphatic heterocycles. The smallest absolute Gasteiger partial charge is 0.292 e. The van der Waals surface area contributed by atoms with Gasteiger partial charge in [0.15, 0.2) is 0 Å². The Bertz CT molecular complexity index is 796. The number of hydrogen-bond donors (Lipinski definition) is 1. The van der Waals surface area contributed by atoms with Crippen molar-refractivity contribution < 1.29 is 14.5 Å². The number of hydrogen-bond acceptors (Lipinski definition) is 6. The summed E-state index contributed by atoms with van der Waals surface area (Å²) in [5.41, 5.74) is 0.746. The molecule has 0 radical (unpaired) electrons. The van der Waals surface area contributed by atoms with Crippen molar-refractivity contribution in [2.45, 2.75) is 31.7 Å². The third-order valence-corrected chi connectivity index (χ3v) is 6.26. The lowest BCUT2D eigenvalue weighted by Crippen LogP contribution is -2.53. The van der Waals surface area contributed by atoms with Crippen LogP contribution in [0.1, 0.15) is 25.7 Å². The number of rotatable bonds is 6. The van der Waals surface area contributed by atoms with Crippen LogP contribution in [0, 0.1) is 16.0 Å². The zero-order valence-corrected chi connectivity index (χ0v) is 17.2. The molecule has 1 aromatic rings. The third-order valence-electron chi connectivity index (χ3n) is 6.26. The van der Waals surface area contributed by atoms with Crippen LogP contribution < -0.4 is 10.2 Å². The van der Waals surface area contributed by atoms with E-state index in [4.69, 9.17) is 0 Å². The first-order chi connectivity index (χ1) is 14.5. The van der Waals surface area contributed by atoms with Gasteiger partial charge in [0.1, 0.15) is 5.69 Å². The van der Waals surface area contributed by atoms with Crippen LogP contribution in [0.15, 0.2) is 24.3 Å². The van der Waals surface area contributed by atoms with Crippen LogP contribution in [0.2, 0.25) is 0 Å². The molecule has 2 amide bonds. The Kier molecular flexibility index (Phi) is 6.17. The highest BCUT2D eigenvalue weighted by molar-refractivity contribution is 5.80. The monoisotopic (exact) mass is 415 g/mol. The number of nitrogens with one attached hydrogen (secondary N) is 1. The minimum absolute atomic E-state index is 0.0336. The number of piperazine rings is 1. The number of amides is 2. The van der Waals surface area contributed by atoms with Crippen LogP contribution in [0.5, 0.6) is 0 Å². The molecule has 2 heterocycles. The Morgan fingerprint density at radius 3 is 2.30 bits per heavy atom. The van der Waals surface area contributed by atoms with E-state index in [1.807, 2.05) is 15.9 Å². The molecule has 2 saturated heterocycles. The van der Waals surface area contributed by atoms with Crippen LogP contribution in [0.3, 0.4) is 0 Å². The molecule has 1 aliphatic carbocycles. The van der Waals surface area contributed by atoms with Gasteiger partial charge in [0.05, 0.1) is 11.5 Å². The normalized spacial score (nSPS) is 20.8. The number of nitro benzene ring substituents is 1. The molecule has 162 valence electrons. The number of carbonyl (C=O) groups is 2. The van der Waals surface area contributed by atoms with Crippen molar-refractivity contribution in [3.63, 3.8) is 0 Å². The van der Waals surface area contributed by atoms with E-state index < -0.39 is 0 Å². The second kappa shape index (κ2) is 8.99. The zero-order valence-electron chi connectivity index (χ0n) is 17.2. The summed E-state index contributed by atoms with van der Waals surface area (Å²) in [6.07, 6.45) is 3.58. The number of nitrogens with zero attached hydrogens (tertiary/aromatic N) is 4. The molecule has 3 fully saturated rings. The minimum atomic E-state index is -0.350. The van der Waals surface area contributed by atoms with Crippen molar-refractivity contribution in [2.75, 3.05) is 50.7 Å². The van der Waals surface area contributed by atoms with Crippen LogP contribution in [0.4, 0.5) is 11.4 Å². The predicted octanol–water partition coefficient (Wildman–Crippen LogP) is 1.23. The Labute approximate surface area is 176 Å². The van der Waals surface area contributed by atoms with E-state index >= 15 is 0 Å². The first-order valence-electron chi connectivity index (χ1n) is 10.8. The first kappa shape index (κ1) is 20.6. The number of anilines is 1. The molecule has 30 heavy (non-hydrogen) atoms. The van der Waals surface area contributed by atoms with E-state index in [1.165, 1.54) is 6.07 Å². The average molecular weight is 415 g/mol. The standard InChI is InChI=1S/C21H29N5O4/c27-20(22-17-5-6-17)15-23-11-13-25(14-12-23)21(28)16-7-9-24(10-8-16)18-3-1-2-4-19(18)26(29)30/h1-4,16-17H,5-15H2,(H,22,27). The summed E-state index contributed by atoms with van der Waals surface area (Å²) in [5, 5.41) is 14.3. The number of carbonyl (C=O) groups excluding carboxylic acids is 2. The molecule has 0 aromatic heterocycles. The molecular formula is C21H29N5O4. The highest BCUT2D eigenvalue weighted by Gasteiger charge is 2.32. The number of para-hydroxylation sites is 2. The van der Waals surface area contributed by atoms with Gasteiger partial charge in [0.2, 0.25) is 11.8 Å². The summed E-state index contributed by atoms with van der Waals surface area (Å²) in [4.78, 5) is 41.9. The van der Waals surface area contributed by atoms with Crippen molar-refractivity contribution in [3.05, 3.63) is 34.4 Å². The molecule has 9 nitrogen and oxygen atoms in total. The first-order valence-corrected chi connectivity index (χ1v) is 10.8. The van der Waals surface area contributed by atoms with Crippen molar-refractivity contribution in [1.82, 2.24) is 15.1 Å². The van der Waals surface area contributed by atoms with E-state index in [0.717, 1.165) is 25.9 Å². The van der Waals surface area contributed by atoms with E-state index in [-0.39, 0.29) is 28.3 Å². The van der Waals surface area contributed by atoms with Gasteiger partial charge >= 0.3 is 0 Å². The second-order valence-corrected chi connectivity index (χ2v) is 8.45. The zero-order chi connectivity index (χ0) is 21.1. The molecule has 9 heteroatoms. The fourth-order valence-corrected chi connectivity index (χ4v) is 4.34. The van der Waals surface area contributed by atoms with E-state index in [9.17, 15) is 19.7 Å². The number of nitro groups is 1. The maximum absolute atomic E-state index is 13.0. The van der Waals surface area contributed by atoms with Gasteiger partial charge in [0.25, 0.3) is 5.69 Å². The lowest BCUT2D eigenvalue weighted by atomic mass is 9.94. The summed E-state index contributed by atoms with van der Waals surface area (Å²) < 4.78 is 0. The summed E-state index contributed by atoms with van der Waals surface area (Å²) in [7, 11) is 0. The van der Waals surface area contributed by atoms with Crippen molar-refractivity contribution in [2.24, 2.45) is 5.92 Å². The molecule has 0 atom stereocenters. The molecular weight excluding hydrogens is 386 g/mol. The minimum Gasteiger partial charge on any atom is -0.366 e. The van der Waals surface area contributed by atoms with Gasteiger partial charge in [-0.3, -0.25) is 24.6 Å². The molecule has 0 bridgehead atoms. The molecule has 4 rings (SSSR count). The predicted molar refractivity (Wildman–Crippen MR) is 112 cm³/mol. The third kappa shape index (κ3) is 4.89. The van der Waals surface area contributed by atoms with E-state index in [1.54, 1.807) is 12.1 Å². The second-order valence-electron chi connectivity index (χ2n) is 8.45. The van der Waals surface area contributed by atoms with Gasteiger partial charge in [-0.2, -0.15) is 0 Å². The highest BCUT2D eigenvalue weighted by Crippen LogP contribution is 2.31. The van der Waals surface area contributed by atoms with Gasteiger partial charge in [-0.05, 0) is 31.7 Å². The topological polar surface area (TPSA) is 99.0 Å². The van der Waals surface area contributed by atoms with Crippen LogP contribution in [0.25, 0.3) is 0 Å². The Morgan fingerprint density at radius 2 is 1.67 bits per heavy atom.